The van der Waals surface area contributed by atoms with Crippen molar-refractivity contribution in [3.63, 3.8) is 0 Å². The SMILES string of the molecule is [F][Ge-2]12([F])([CH2][N+]3=C(CCCC3)[O]1)[CH2][N+]1=C(CCCC1)[O]2. The van der Waals surface area contributed by atoms with Gasteiger partial charge in [-0.2, -0.15) is 0 Å². The first-order chi connectivity index (χ1) is 8.90. The molecule has 0 bridgehead atoms. The van der Waals surface area contributed by atoms with Crippen LogP contribution in [0.15, 0.2) is 0 Å². The molecule has 0 N–H and O–H groups in total. The van der Waals surface area contributed by atoms with Gasteiger partial charge in [-0.25, -0.2) is 0 Å². The van der Waals surface area contributed by atoms with Crippen LogP contribution in [-0.4, -0.2) is 57.5 Å². The Kier molecular flexibility index (Phi) is 2.01. The number of hydrogen-bond donors (Lipinski definition) is 0. The van der Waals surface area contributed by atoms with E-state index < -0.39 is 12.7 Å². The predicted molar refractivity (Wildman–Crippen MR) is 67.8 cm³/mol. The molecule has 0 radical (unpaired) electrons. The van der Waals surface area contributed by atoms with Crippen molar-refractivity contribution in [2.45, 2.75) is 38.5 Å². The Morgan fingerprint density at radius 2 is 1.26 bits per heavy atom. The number of halogens is 2. The molecule has 0 unspecified atom stereocenters. The van der Waals surface area contributed by atoms with Gasteiger partial charge in [0.1, 0.15) is 0 Å². The van der Waals surface area contributed by atoms with E-state index in [0.29, 0.717) is 37.7 Å². The molecule has 7 heteroatoms. The van der Waals surface area contributed by atoms with Crippen molar-refractivity contribution >= 4 is 24.5 Å². The fraction of sp³-hybridized carbons (Fsp3) is 0.833. The minimum atomic E-state index is -6.81. The monoisotopic (exact) mass is 336 g/mol. The van der Waals surface area contributed by atoms with Gasteiger partial charge in [0.25, 0.3) is 0 Å². The van der Waals surface area contributed by atoms with Crippen LogP contribution in [0.4, 0.5) is 7.00 Å². The van der Waals surface area contributed by atoms with Gasteiger partial charge in [0.15, 0.2) is 0 Å². The molecule has 0 amide bonds. The molecule has 0 atom stereocenters. The topological polar surface area (TPSA) is 24.5 Å². The molecule has 0 aliphatic carbocycles. The zero-order valence-electron chi connectivity index (χ0n) is 11.0. The van der Waals surface area contributed by atoms with Gasteiger partial charge in [0.2, 0.25) is 0 Å². The van der Waals surface area contributed by atoms with Crippen LogP contribution in [-0.2, 0) is 7.53 Å². The fourth-order valence-corrected chi connectivity index (χ4v) is 13.4. The first kappa shape index (κ1) is 12.1. The summed E-state index contributed by atoms with van der Waals surface area (Å²) in [6.07, 6.45) is 5.09. The summed E-state index contributed by atoms with van der Waals surface area (Å²) in [6.45, 7) is 1.37. The van der Waals surface area contributed by atoms with E-state index in [4.69, 9.17) is 7.53 Å². The second-order valence-corrected chi connectivity index (χ2v) is 16.4. The van der Waals surface area contributed by atoms with Crippen molar-refractivity contribution in [1.82, 2.24) is 0 Å². The number of rotatable bonds is 0. The molecule has 0 aromatic heterocycles. The van der Waals surface area contributed by atoms with Crippen LogP contribution >= 0.6 is 0 Å². The summed E-state index contributed by atoms with van der Waals surface area (Å²) in [7, 11) is 0. The summed E-state index contributed by atoms with van der Waals surface area (Å²) in [5.74, 6) is 0.975. The Morgan fingerprint density at radius 3 is 1.68 bits per heavy atom. The zero-order chi connectivity index (χ0) is 13.2. The predicted octanol–water partition coefficient (Wildman–Crippen LogP) is 1.60. The molecule has 0 fully saturated rings. The van der Waals surface area contributed by atoms with Crippen LogP contribution in [0, 0.1) is 0 Å². The maximum atomic E-state index is 15.7. The standard InChI is InChI=1S/C12H20F2GeN2O2/c13-15(14,9-16-7-3-1-5-11(16)18-15)10-17-8-4-2-6-12(17)19-15/h1-10H2. The molecule has 0 saturated carbocycles. The Bertz CT molecular complexity index is 460. The van der Waals surface area contributed by atoms with Crippen LogP contribution < -0.4 is 0 Å². The molecule has 4 aliphatic rings. The van der Waals surface area contributed by atoms with Crippen LogP contribution in [0.1, 0.15) is 38.5 Å². The van der Waals surface area contributed by atoms with Gasteiger partial charge in [-0.15, -0.1) is 0 Å². The van der Waals surface area contributed by atoms with Gasteiger partial charge in [0.05, 0.1) is 0 Å². The van der Waals surface area contributed by atoms with Crippen molar-refractivity contribution in [2.75, 3.05) is 23.8 Å². The molecule has 4 rings (SSSR count). The van der Waals surface area contributed by atoms with Crippen molar-refractivity contribution in [1.29, 1.82) is 0 Å². The minimum absolute atomic E-state index is 0.282. The Balaban J connectivity index is 1.71. The Morgan fingerprint density at radius 1 is 0.789 bits per heavy atom. The normalized spacial score (nSPS) is 37.4. The molecule has 4 aliphatic heterocycles. The van der Waals surface area contributed by atoms with Crippen molar-refractivity contribution in [2.24, 2.45) is 0 Å². The summed E-state index contributed by atoms with van der Waals surface area (Å²) in [5, 5.41) is -0.565. The molecular formula is C12H20F2GeN2O2. The van der Waals surface area contributed by atoms with E-state index in [1.807, 2.05) is 0 Å². The first-order valence-corrected chi connectivity index (χ1v) is 13.6. The quantitative estimate of drug-likeness (QED) is 0.496. The summed E-state index contributed by atoms with van der Waals surface area (Å²) < 4.78 is 45.6. The van der Waals surface area contributed by atoms with Gasteiger partial charge >= 0.3 is 111 Å². The van der Waals surface area contributed by atoms with E-state index in [1.54, 1.807) is 9.15 Å². The third-order valence-corrected chi connectivity index (χ3v) is 12.5. The second kappa shape index (κ2) is 3.15. The second-order valence-electron chi connectivity index (χ2n) is 6.57. The fourth-order valence-electron chi connectivity index (χ4n) is 3.97. The van der Waals surface area contributed by atoms with Crippen LogP contribution in [0.5, 0.6) is 0 Å². The molecule has 108 valence electrons. The van der Waals surface area contributed by atoms with Crippen LogP contribution in [0.3, 0.4) is 0 Å². The van der Waals surface area contributed by atoms with Crippen LogP contribution in [0.2, 0.25) is 0 Å². The summed E-state index contributed by atoms with van der Waals surface area (Å²) >= 11 is -6.81. The number of hydrogen-bond acceptors (Lipinski definition) is 2. The zero-order valence-corrected chi connectivity index (χ0v) is 13.1. The molecule has 4 nitrogen and oxygen atoms in total. The first-order valence-electron chi connectivity index (χ1n) is 7.32. The summed E-state index contributed by atoms with van der Waals surface area (Å²) in [6, 6.07) is 0. The van der Waals surface area contributed by atoms with E-state index in [-0.39, 0.29) is 10.8 Å². The molecule has 19 heavy (non-hydrogen) atoms. The average molecular weight is 335 g/mol. The molecular weight excluding hydrogens is 315 g/mol. The van der Waals surface area contributed by atoms with E-state index in [2.05, 4.69) is 0 Å². The van der Waals surface area contributed by atoms with Gasteiger partial charge in [-0.05, 0) is 0 Å². The molecule has 0 aromatic carbocycles. The van der Waals surface area contributed by atoms with Gasteiger partial charge in [-0.1, -0.05) is 0 Å². The van der Waals surface area contributed by atoms with E-state index in [1.165, 1.54) is 0 Å². The number of nitrogens with zero attached hydrogens (tertiary/aromatic N) is 2. The average Bonchev–Trinajstić information content (AvgIpc) is 2.75. The Labute approximate surface area is 111 Å². The van der Waals surface area contributed by atoms with E-state index in [0.717, 1.165) is 25.7 Å². The summed E-state index contributed by atoms with van der Waals surface area (Å²) in [4.78, 5) is 0. The van der Waals surface area contributed by atoms with Gasteiger partial charge in [0, 0.05) is 0 Å². The van der Waals surface area contributed by atoms with Crippen molar-refractivity contribution < 1.29 is 23.7 Å². The van der Waals surface area contributed by atoms with Gasteiger partial charge in [-0.3, -0.25) is 0 Å². The maximum absolute atomic E-state index is 15.7. The van der Waals surface area contributed by atoms with Crippen molar-refractivity contribution in [3.8, 4) is 0 Å². The van der Waals surface area contributed by atoms with Crippen molar-refractivity contribution in [3.05, 3.63) is 0 Å². The Hall–Kier alpha value is -0.657. The molecule has 0 aromatic rings. The van der Waals surface area contributed by atoms with Crippen LogP contribution in [0.25, 0.3) is 0 Å². The third-order valence-electron chi connectivity index (χ3n) is 4.71. The van der Waals surface area contributed by atoms with Gasteiger partial charge < -0.3 is 0 Å². The van der Waals surface area contributed by atoms with E-state index >= 15 is 7.00 Å². The molecule has 4 heterocycles. The summed E-state index contributed by atoms with van der Waals surface area (Å²) in [5.41, 5.74) is 0. The van der Waals surface area contributed by atoms with E-state index in [9.17, 15) is 0 Å². The molecule has 1 spiro atoms. The molecule has 0 saturated heterocycles. The third kappa shape index (κ3) is 1.68.